The number of amides is 4. The first kappa shape index (κ1) is 40.2. The van der Waals surface area contributed by atoms with Crippen LogP contribution in [0.15, 0.2) is 97.1 Å². The number of rotatable bonds is 12. The average Bonchev–Trinajstić information content (AvgIpc) is 3.51. The molecular formula is C46H51BN6O6. The van der Waals surface area contributed by atoms with Crippen molar-refractivity contribution in [3.8, 4) is 0 Å². The largest absolute Gasteiger partial charge is 0.488 e. The number of piperazine rings is 2. The van der Waals surface area contributed by atoms with Crippen molar-refractivity contribution in [1.29, 1.82) is 0 Å². The van der Waals surface area contributed by atoms with Crippen molar-refractivity contribution in [3.05, 3.63) is 125 Å². The maximum absolute atomic E-state index is 13.3. The molecule has 4 amide bonds. The highest BCUT2D eigenvalue weighted by molar-refractivity contribution is 6.58. The first-order valence-electron chi connectivity index (χ1n) is 20.8. The Kier molecular flexibility index (Phi) is 12.1. The average molecular weight is 795 g/mol. The van der Waals surface area contributed by atoms with Gasteiger partial charge in [-0.15, -0.1) is 0 Å². The molecule has 4 aromatic rings. The molecule has 12 nitrogen and oxygen atoms in total. The monoisotopic (exact) mass is 794 g/mol. The number of hydrogen-bond donors (Lipinski definition) is 3. The molecule has 4 aliphatic rings. The molecule has 0 aromatic heterocycles. The molecule has 4 heterocycles. The van der Waals surface area contributed by atoms with Crippen LogP contribution in [0.2, 0.25) is 0 Å². The number of nitrogens with one attached hydrogen (secondary N) is 1. The van der Waals surface area contributed by atoms with Crippen molar-refractivity contribution in [2.45, 2.75) is 38.6 Å². The van der Waals surface area contributed by atoms with Gasteiger partial charge in [0.25, 0.3) is 11.8 Å². The minimum Gasteiger partial charge on any atom is -0.423 e. The van der Waals surface area contributed by atoms with Crippen LogP contribution >= 0.6 is 0 Å². The van der Waals surface area contributed by atoms with Crippen molar-refractivity contribution < 1.29 is 29.2 Å². The van der Waals surface area contributed by atoms with Gasteiger partial charge in [0, 0.05) is 70.2 Å². The van der Waals surface area contributed by atoms with Crippen LogP contribution in [-0.4, -0.2) is 127 Å². The van der Waals surface area contributed by atoms with Gasteiger partial charge in [0.1, 0.15) is 6.04 Å². The predicted octanol–water partition coefficient (Wildman–Crippen LogP) is 3.47. The molecule has 0 spiro atoms. The topological polar surface area (TPSA) is 137 Å². The van der Waals surface area contributed by atoms with Gasteiger partial charge in [0.05, 0.1) is 11.1 Å². The minimum absolute atomic E-state index is 0.0981. The standard InChI is InChI=1S/C46H51BN6O6/c1-2-38(32-7-4-3-5-8-32)43(33-9-13-35(14-10-33)47(58)59)34-11-15-36(16-12-34)51-27-23-49(24-28-51)21-6-22-50-25-29-52(30-26-50)37-17-18-39-40(31-37)46(57)53(45(39)56)41-19-20-42(54)48-44(41)55/h3-5,7-18,31,41,58-59H,2,6,19-30H2,1H3,(H,48,54,55)/b43-38+. The summed E-state index contributed by atoms with van der Waals surface area (Å²) in [6, 6.07) is 31.2. The summed E-state index contributed by atoms with van der Waals surface area (Å²) in [5.41, 5.74) is 8.93. The Labute approximate surface area is 345 Å². The van der Waals surface area contributed by atoms with Crippen LogP contribution in [-0.2, 0) is 9.59 Å². The number of allylic oxidation sites excluding steroid dienone is 1. The lowest BCUT2D eigenvalue weighted by Gasteiger charge is -2.38. The zero-order valence-electron chi connectivity index (χ0n) is 33.6. The molecule has 13 heteroatoms. The quantitative estimate of drug-likeness (QED) is 0.111. The van der Waals surface area contributed by atoms with Gasteiger partial charge in [0.2, 0.25) is 11.8 Å². The number of benzene rings is 4. The van der Waals surface area contributed by atoms with E-state index < -0.39 is 30.9 Å². The van der Waals surface area contributed by atoms with Gasteiger partial charge in [-0.25, -0.2) is 0 Å². The van der Waals surface area contributed by atoms with Gasteiger partial charge >= 0.3 is 7.12 Å². The maximum Gasteiger partial charge on any atom is 0.488 e. The smallest absolute Gasteiger partial charge is 0.423 e. The van der Waals surface area contributed by atoms with Crippen molar-refractivity contribution in [2.24, 2.45) is 0 Å². The molecule has 59 heavy (non-hydrogen) atoms. The van der Waals surface area contributed by atoms with Gasteiger partial charge in [-0.3, -0.25) is 39.2 Å². The lowest BCUT2D eigenvalue weighted by Crippen LogP contribution is -2.54. The van der Waals surface area contributed by atoms with Crippen molar-refractivity contribution in [1.82, 2.24) is 20.0 Å². The number of imide groups is 2. The fourth-order valence-corrected chi connectivity index (χ4v) is 8.97. The van der Waals surface area contributed by atoms with Crippen LogP contribution in [0.3, 0.4) is 0 Å². The molecule has 0 radical (unpaired) electrons. The summed E-state index contributed by atoms with van der Waals surface area (Å²) in [5.74, 6) is -1.94. The van der Waals surface area contributed by atoms with Crippen LogP contribution in [0.25, 0.3) is 11.1 Å². The molecule has 3 saturated heterocycles. The number of anilines is 2. The van der Waals surface area contributed by atoms with E-state index in [0.29, 0.717) is 16.6 Å². The highest BCUT2D eigenvalue weighted by Crippen LogP contribution is 2.35. The SMILES string of the molecule is CC/C(=C(/c1ccc(B(O)O)cc1)c1ccc(N2CCN(CCCN3CCN(c4ccc5c(c4)C(=O)N(C4CCC(=O)NC4=O)C5=O)CC3)CC2)cc1)c1ccccc1. The van der Waals surface area contributed by atoms with Gasteiger partial charge in [-0.05, 0) is 96.0 Å². The third kappa shape index (κ3) is 8.60. The van der Waals surface area contributed by atoms with E-state index in [4.69, 9.17) is 0 Å². The summed E-state index contributed by atoms with van der Waals surface area (Å²) in [6.07, 6.45) is 2.18. The fraction of sp³-hybridized carbons (Fsp3) is 0.348. The summed E-state index contributed by atoms with van der Waals surface area (Å²) < 4.78 is 0. The van der Waals surface area contributed by atoms with Crippen molar-refractivity contribution >= 4 is 58.7 Å². The van der Waals surface area contributed by atoms with E-state index >= 15 is 0 Å². The van der Waals surface area contributed by atoms with E-state index in [1.807, 2.05) is 24.3 Å². The first-order chi connectivity index (χ1) is 28.7. The molecule has 1 unspecified atom stereocenters. The van der Waals surface area contributed by atoms with E-state index in [1.165, 1.54) is 16.8 Å². The minimum atomic E-state index is -1.50. The molecule has 4 aromatic carbocycles. The number of hydrogen-bond acceptors (Lipinski definition) is 10. The Hall–Kier alpha value is -5.60. The number of piperidine rings is 1. The Bertz CT molecular complexity index is 2210. The lowest BCUT2D eigenvalue weighted by molar-refractivity contribution is -0.136. The normalized spacial score (nSPS) is 19.5. The van der Waals surface area contributed by atoms with Crippen molar-refractivity contribution in [3.63, 3.8) is 0 Å². The van der Waals surface area contributed by atoms with Gasteiger partial charge in [-0.1, -0.05) is 73.7 Å². The third-order valence-corrected chi connectivity index (χ3v) is 12.3. The summed E-state index contributed by atoms with van der Waals surface area (Å²) in [6.45, 7) is 11.7. The predicted molar refractivity (Wildman–Crippen MR) is 230 cm³/mol. The number of nitrogens with zero attached hydrogens (tertiary/aromatic N) is 5. The zero-order chi connectivity index (χ0) is 41.0. The van der Waals surface area contributed by atoms with E-state index in [2.05, 4.69) is 80.4 Å². The third-order valence-electron chi connectivity index (χ3n) is 12.3. The van der Waals surface area contributed by atoms with E-state index in [1.54, 1.807) is 24.3 Å². The van der Waals surface area contributed by atoms with Crippen molar-refractivity contribution in [2.75, 3.05) is 75.2 Å². The fourth-order valence-electron chi connectivity index (χ4n) is 8.97. The lowest BCUT2D eigenvalue weighted by atomic mass is 9.79. The summed E-state index contributed by atoms with van der Waals surface area (Å²) >= 11 is 0. The summed E-state index contributed by atoms with van der Waals surface area (Å²) in [4.78, 5) is 61.3. The van der Waals surface area contributed by atoms with E-state index in [9.17, 15) is 29.2 Å². The second-order valence-corrected chi connectivity index (χ2v) is 15.8. The highest BCUT2D eigenvalue weighted by atomic mass is 16.4. The number of fused-ring (bicyclic) bond motifs is 1. The van der Waals surface area contributed by atoms with Gasteiger partial charge in [0.15, 0.2) is 0 Å². The van der Waals surface area contributed by atoms with Crippen LogP contribution < -0.4 is 20.6 Å². The molecule has 8 rings (SSSR count). The second-order valence-electron chi connectivity index (χ2n) is 15.8. The Morgan fingerprint density at radius 2 is 1.22 bits per heavy atom. The van der Waals surface area contributed by atoms with Crippen LogP contribution in [0.5, 0.6) is 0 Å². The summed E-state index contributed by atoms with van der Waals surface area (Å²) in [5, 5.41) is 21.6. The molecule has 1 atom stereocenters. The Balaban J connectivity index is 0.815. The first-order valence-corrected chi connectivity index (χ1v) is 20.8. The Morgan fingerprint density at radius 1 is 0.661 bits per heavy atom. The molecule has 3 fully saturated rings. The number of carbonyl (C=O) groups excluding carboxylic acids is 4. The van der Waals surface area contributed by atoms with Crippen LogP contribution in [0, 0.1) is 0 Å². The molecular weight excluding hydrogens is 743 g/mol. The van der Waals surface area contributed by atoms with Crippen LogP contribution in [0.4, 0.5) is 11.4 Å². The summed E-state index contributed by atoms with van der Waals surface area (Å²) in [7, 11) is -1.50. The van der Waals surface area contributed by atoms with E-state index in [-0.39, 0.29) is 18.7 Å². The maximum atomic E-state index is 13.3. The highest BCUT2D eigenvalue weighted by Gasteiger charge is 2.44. The molecule has 3 N–H and O–H groups in total. The van der Waals surface area contributed by atoms with Gasteiger partial charge in [-0.2, -0.15) is 0 Å². The molecule has 0 aliphatic carbocycles. The zero-order valence-corrected chi connectivity index (χ0v) is 33.6. The molecule has 304 valence electrons. The second kappa shape index (κ2) is 17.7. The molecule has 0 bridgehead atoms. The van der Waals surface area contributed by atoms with Gasteiger partial charge < -0.3 is 19.8 Å². The van der Waals surface area contributed by atoms with E-state index in [0.717, 1.165) is 106 Å². The molecule has 0 saturated carbocycles. The molecule has 4 aliphatic heterocycles. The Morgan fingerprint density at radius 3 is 1.80 bits per heavy atom. The van der Waals surface area contributed by atoms with Crippen LogP contribution in [0.1, 0.15) is 70.0 Å². The number of carbonyl (C=O) groups is 4.